The second-order valence-corrected chi connectivity index (χ2v) is 4.32. The van der Waals surface area contributed by atoms with Gasteiger partial charge >= 0.3 is 0 Å². The SMILES string of the molecule is Nc1c(Nc2ccccc2)ncnc1Nc1ccccn1. The lowest BCUT2D eigenvalue weighted by Gasteiger charge is -2.12. The first-order chi connectivity index (χ1) is 10.3. The molecule has 21 heavy (non-hydrogen) atoms. The summed E-state index contributed by atoms with van der Waals surface area (Å²) >= 11 is 0. The zero-order chi connectivity index (χ0) is 14.5. The average Bonchev–Trinajstić information content (AvgIpc) is 2.53. The zero-order valence-corrected chi connectivity index (χ0v) is 11.2. The molecule has 104 valence electrons. The lowest BCUT2D eigenvalue weighted by molar-refractivity contribution is 1.16. The quantitative estimate of drug-likeness (QED) is 0.680. The monoisotopic (exact) mass is 278 g/mol. The second-order valence-electron chi connectivity index (χ2n) is 4.32. The third kappa shape index (κ3) is 3.06. The minimum Gasteiger partial charge on any atom is -0.393 e. The highest BCUT2D eigenvalue weighted by Crippen LogP contribution is 2.27. The van der Waals surface area contributed by atoms with E-state index >= 15 is 0 Å². The first kappa shape index (κ1) is 12.9. The van der Waals surface area contributed by atoms with E-state index in [9.17, 15) is 0 Å². The van der Waals surface area contributed by atoms with Crippen LogP contribution in [-0.4, -0.2) is 15.0 Å². The molecule has 0 saturated carbocycles. The van der Waals surface area contributed by atoms with E-state index in [0.29, 0.717) is 23.1 Å². The van der Waals surface area contributed by atoms with Crippen LogP contribution < -0.4 is 16.4 Å². The Hall–Kier alpha value is -3.15. The number of nitrogen functional groups attached to an aromatic ring is 1. The maximum atomic E-state index is 6.10. The van der Waals surface area contributed by atoms with Crippen molar-refractivity contribution in [1.82, 2.24) is 15.0 Å². The molecule has 2 heterocycles. The largest absolute Gasteiger partial charge is 0.393 e. The second kappa shape index (κ2) is 5.87. The highest BCUT2D eigenvalue weighted by atomic mass is 15.1. The number of rotatable bonds is 4. The van der Waals surface area contributed by atoms with E-state index in [-0.39, 0.29) is 0 Å². The van der Waals surface area contributed by atoms with Gasteiger partial charge in [0.05, 0.1) is 0 Å². The van der Waals surface area contributed by atoms with Gasteiger partial charge in [-0.05, 0) is 24.3 Å². The van der Waals surface area contributed by atoms with Gasteiger partial charge in [-0.3, -0.25) is 0 Å². The Bertz CT molecular complexity index is 655. The maximum absolute atomic E-state index is 6.10. The van der Waals surface area contributed by atoms with Gasteiger partial charge in [0.1, 0.15) is 17.8 Å². The normalized spacial score (nSPS) is 10.1. The Morgan fingerprint density at radius 2 is 1.48 bits per heavy atom. The molecule has 4 N–H and O–H groups in total. The molecule has 0 aliphatic rings. The number of pyridine rings is 1. The van der Waals surface area contributed by atoms with Gasteiger partial charge in [0.25, 0.3) is 0 Å². The number of para-hydroxylation sites is 1. The van der Waals surface area contributed by atoms with Crippen molar-refractivity contribution in [3.8, 4) is 0 Å². The minimum atomic E-state index is 0.437. The molecule has 0 radical (unpaired) electrons. The van der Waals surface area contributed by atoms with Crippen molar-refractivity contribution in [2.24, 2.45) is 0 Å². The number of nitrogens with one attached hydrogen (secondary N) is 2. The number of nitrogens with two attached hydrogens (primary N) is 1. The molecule has 6 nitrogen and oxygen atoms in total. The van der Waals surface area contributed by atoms with Crippen LogP contribution in [0.3, 0.4) is 0 Å². The number of hydrogen-bond acceptors (Lipinski definition) is 6. The highest BCUT2D eigenvalue weighted by Gasteiger charge is 2.08. The molecule has 0 unspecified atom stereocenters. The van der Waals surface area contributed by atoms with E-state index in [1.807, 2.05) is 48.5 Å². The van der Waals surface area contributed by atoms with Gasteiger partial charge in [0.15, 0.2) is 11.6 Å². The van der Waals surface area contributed by atoms with Gasteiger partial charge in [0, 0.05) is 11.9 Å². The third-order valence-electron chi connectivity index (χ3n) is 2.83. The lowest BCUT2D eigenvalue weighted by atomic mass is 10.3. The predicted molar refractivity (Wildman–Crippen MR) is 83.7 cm³/mol. The molecule has 3 rings (SSSR count). The van der Waals surface area contributed by atoms with Crippen LogP contribution in [0.2, 0.25) is 0 Å². The summed E-state index contributed by atoms with van der Waals surface area (Å²) in [5.74, 6) is 1.74. The van der Waals surface area contributed by atoms with Crippen LogP contribution in [0.15, 0.2) is 61.1 Å². The smallest absolute Gasteiger partial charge is 0.160 e. The van der Waals surface area contributed by atoms with Gasteiger partial charge < -0.3 is 16.4 Å². The van der Waals surface area contributed by atoms with Crippen molar-refractivity contribution in [3.05, 3.63) is 61.1 Å². The summed E-state index contributed by atoms with van der Waals surface area (Å²) in [6.07, 6.45) is 3.15. The molecule has 0 spiro atoms. The first-order valence-electron chi connectivity index (χ1n) is 6.43. The first-order valence-corrected chi connectivity index (χ1v) is 6.43. The average molecular weight is 278 g/mol. The Balaban J connectivity index is 1.85. The molecule has 3 aromatic rings. The van der Waals surface area contributed by atoms with Gasteiger partial charge in [-0.1, -0.05) is 24.3 Å². The molecule has 0 saturated heterocycles. The van der Waals surface area contributed by atoms with Crippen molar-refractivity contribution < 1.29 is 0 Å². The molecule has 0 atom stereocenters. The highest BCUT2D eigenvalue weighted by molar-refractivity contribution is 5.79. The molecule has 0 amide bonds. The fourth-order valence-corrected chi connectivity index (χ4v) is 1.81. The minimum absolute atomic E-state index is 0.437. The van der Waals surface area contributed by atoms with Crippen LogP contribution in [0.25, 0.3) is 0 Å². The van der Waals surface area contributed by atoms with Crippen LogP contribution in [-0.2, 0) is 0 Å². The topological polar surface area (TPSA) is 88.8 Å². The van der Waals surface area contributed by atoms with E-state index < -0.39 is 0 Å². The summed E-state index contributed by atoms with van der Waals surface area (Å²) in [6.45, 7) is 0. The Morgan fingerprint density at radius 1 is 0.762 bits per heavy atom. The summed E-state index contributed by atoms with van der Waals surface area (Å²) in [5, 5.41) is 6.23. The summed E-state index contributed by atoms with van der Waals surface area (Å²) in [7, 11) is 0. The van der Waals surface area contributed by atoms with E-state index in [4.69, 9.17) is 5.73 Å². The Kier molecular flexibility index (Phi) is 3.60. The van der Waals surface area contributed by atoms with Crippen molar-refractivity contribution in [3.63, 3.8) is 0 Å². The standard InChI is InChI=1S/C15H14N6/c16-13-14(20-11-6-2-1-3-7-11)18-10-19-15(13)21-12-8-4-5-9-17-12/h1-10H,16H2,(H2,17,18,19,20,21). The number of anilines is 5. The summed E-state index contributed by atoms with van der Waals surface area (Å²) in [6, 6.07) is 15.3. The number of nitrogens with zero attached hydrogens (tertiary/aromatic N) is 3. The van der Waals surface area contributed by atoms with Gasteiger partial charge in [-0.2, -0.15) is 0 Å². The van der Waals surface area contributed by atoms with Crippen molar-refractivity contribution >= 4 is 28.8 Å². The van der Waals surface area contributed by atoms with Gasteiger partial charge in [-0.25, -0.2) is 15.0 Å². The fourth-order valence-electron chi connectivity index (χ4n) is 1.81. The third-order valence-corrected chi connectivity index (χ3v) is 2.83. The maximum Gasteiger partial charge on any atom is 0.160 e. The van der Waals surface area contributed by atoms with Gasteiger partial charge in [0.2, 0.25) is 0 Å². The molecule has 2 aromatic heterocycles. The van der Waals surface area contributed by atoms with Crippen molar-refractivity contribution in [2.45, 2.75) is 0 Å². The van der Waals surface area contributed by atoms with Crippen LogP contribution >= 0.6 is 0 Å². The summed E-state index contributed by atoms with van der Waals surface area (Å²) in [4.78, 5) is 12.5. The van der Waals surface area contributed by atoms with Gasteiger partial charge in [-0.15, -0.1) is 0 Å². The fraction of sp³-hybridized carbons (Fsp3) is 0. The van der Waals surface area contributed by atoms with Crippen LogP contribution in [0.5, 0.6) is 0 Å². The van der Waals surface area contributed by atoms with Crippen molar-refractivity contribution in [2.75, 3.05) is 16.4 Å². The van der Waals surface area contributed by atoms with Crippen LogP contribution in [0.4, 0.5) is 28.8 Å². The van der Waals surface area contributed by atoms with E-state index in [2.05, 4.69) is 25.6 Å². The van der Waals surface area contributed by atoms with E-state index in [0.717, 1.165) is 5.69 Å². The number of benzene rings is 1. The zero-order valence-electron chi connectivity index (χ0n) is 11.2. The molecule has 0 aliphatic carbocycles. The van der Waals surface area contributed by atoms with E-state index in [1.165, 1.54) is 6.33 Å². The lowest BCUT2D eigenvalue weighted by Crippen LogP contribution is -2.05. The molecule has 0 bridgehead atoms. The number of hydrogen-bond donors (Lipinski definition) is 3. The summed E-state index contributed by atoms with van der Waals surface area (Å²) in [5.41, 5.74) is 7.45. The molecule has 1 aromatic carbocycles. The van der Waals surface area contributed by atoms with E-state index in [1.54, 1.807) is 6.20 Å². The van der Waals surface area contributed by atoms with Crippen molar-refractivity contribution in [1.29, 1.82) is 0 Å². The summed E-state index contributed by atoms with van der Waals surface area (Å²) < 4.78 is 0. The number of aromatic nitrogens is 3. The Morgan fingerprint density at radius 3 is 2.19 bits per heavy atom. The predicted octanol–water partition coefficient (Wildman–Crippen LogP) is 2.94. The molecule has 0 fully saturated rings. The van der Waals surface area contributed by atoms with Crippen LogP contribution in [0, 0.1) is 0 Å². The van der Waals surface area contributed by atoms with Crippen LogP contribution in [0.1, 0.15) is 0 Å². The Labute approximate surface area is 122 Å². The molecular formula is C15H14N6. The molecule has 6 heteroatoms. The molecular weight excluding hydrogens is 264 g/mol. The molecule has 0 aliphatic heterocycles.